The number of benzene rings is 2. The van der Waals surface area contributed by atoms with Crippen molar-refractivity contribution in [2.75, 3.05) is 25.9 Å². The lowest BCUT2D eigenvalue weighted by Crippen LogP contribution is -2.39. The highest BCUT2D eigenvalue weighted by Crippen LogP contribution is 2.15. The van der Waals surface area contributed by atoms with Gasteiger partial charge in [-0.1, -0.05) is 58.0 Å². The third-order valence-corrected chi connectivity index (χ3v) is 4.13. The summed E-state index contributed by atoms with van der Waals surface area (Å²) in [5.74, 6) is -0.368. The van der Waals surface area contributed by atoms with Gasteiger partial charge < -0.3 is 20.1 Å². The number of amides is 1. The summed E-state index contributed by atoms with van der Waals surface area (Å²) in [5.41, 5.74) is 7.86. The third-order valence-electron chi connectivity index (χ3n) is 4.13. The molecule has 1 unspecified atom stereocenters. The average molecular weight is 431 g/mol. The largest absolute Gasteiger partial charge is 0.457 e. The van der Waals surface area contributed by atoms with Crippen LogP contribution in [0.5, 0.6) is 0 Å². The van der Waals surface area contributed by atoms with Gasteiger partial charge >= 0.3 is 5.97 Å². The second-order valence-corrected chi connectivity index (χ2v) is 6.31. The zero-order chi connectivity index (χ0) is 23.5. The maximum atomic E-state index is 11.8. The minimum absolute atomic E-state index is 0.214. The van der Waals surface area contributed by atoms with E-state index in [1.165, 1.54) is 5.56 Å². The number of carbonyl (C=O) groups excluding carboxylic acids is 2. The van der Waals surface area contributed by atoms with Gasteiger partial charge in [-0.3, -0.25) is 4.79 Å². The number of nitrogen functional groups attached to an aromatic ring is 1. The molecule has 1 aliphatic rings. The molecule has 6 nitrogen and oxygen atoms in total. The Kier molecular flexibility index (Phi) is 16.3. The van der Waals surface area contributed by atoms with Crippen LogP contribution in [0.25, 0.3) is 0 Å². The van der Waals surface area contributed by atoms with Gasteiger partial charge in [-0.15, -0.1) is 0 Å². The average Bonchev–Trinajstić information content (AvgIpc) is 2.83. The van der Waals surface area contributed by atoms with Gasteiger partial charge in [0, 0.05) is 19.3 Å². The van der Waals surface area contributed by atoms with E-state index in [0.29, 0.717) is 24.4 Å². The SMILES string of the molecule is CC.CC.COCc1ccccc1.Nc1ccc(C(=O)OC2CCCN(C=O)C2)cc1. The van der Waals surface area contributed by atoms with Crippen molar-refractivity contribution in [2.45, 2.75) is 53.2 Å². The van der Waals surface area contributed by atoms with E-state index in [1.807, 2.05) is 58.0 Å². The first-order valence-electron chi connectivity index (χ1n) is 10.9. The smallest absolute Gasteiger partial charge is 0.338 e. The van der Waals surface area contributed by atoms with E-state index in [-0.39, 0.29) is 12.1 Å². The molecule has 31 heavy (non-hydrogen) atoms. The molecule has 0 aromatic heterocycles. The lowest BCUT2D eigenvalue weighted by Gasteiger charge is -2.29. The van der Waals surface area contributed by atoms with E-state index in [2.05, 4.69) is 0 Å². The number of likely N-dealkylation sites (tertiary alicyclic amines) is 1. The molecule has 2 aromatic carbocycles. The molecular weight excluding hydrogens is 392 g/mol. The van der Waals surface area contributed by atoms with Crippen LogP contribution in [0.4, 0.5) is 5.69 Å². The number of hydrogen-bond donors (Lipinski definition) is 1. The van der Waals surface area contributed by atoms with Crippen LogP contribution in [0.2, 0.25) is 0 Å². The van der Waals surface area contributed by atoms with Crippen LogP contribution in [-0.2, 0) is 20.9 Å². The fourth-order valence-electron chi connectivity index (χ4n) is 2.74. The van der Waals surface area contributed by atoms with E-state index in [0.717, 1.165) is 25.8 Å². The van der Waals surface area contributed by atoms with Gasteiger partial charge in [-0.05, 0) is 42.7 Å². The molecule has 3 rings (SSSR count). The summed E-state index contributed by atoms with van der Waals surface area (Å²) in [6.45, 7) is 9.92. The van der Waals surface area contributed by atoms with Crippen molar-refractivity contribution in [3.8, 4) is 0 Å². The number of carbonyl (C=O) groups is 2. The number of anilines is 1. The lowest BCUT2D eigenvalue weighted by molar-refractivity contribution is -0.121. The zero-order valence-electron chi connectivity index (χ0n) is 19.5. The number of nitrogens with two attached hydrogens (primary N) is 1. The number of rotatable bonds is 5. The van der Waals surface area contributed by atoms with Crippen LogP contribution < -0.4 is 5.73 Å². The molecular formula is C25H38N2O4. The van der Waals surface area contributed by atoms with Gasteiger partial charge in [0.25, 0.3) is 0 Å². The fraction of sp³-hybridized carbons (Fsp3) is 0.440. The number of ether oxygens (including phenoxy) is 2. The van der Waals surface area contributed by atoms with Gasteiger partial charge in [-0.25, -0.2) is 4.79 Å². The summed E-state index contributed by atoms with van der Waals surface area (Å²) in [4.78, 5) is 24.1. The van der Waals surface area contributed by atoms with Crippen LogP contribution in [0.15, 0.2) is 54.6 Å². The van der Waals surface area contributed by atoms with Crippen molar-refractivity contribution in [1.29, 1.82) is 0 Å². The number of methoxy groups -OCH3 is 1. The lowest BCUT2D eigenvalue weighted by atomic mass is 10.1. The summed E-state index contributed by atoms with van der Waals surface area (Å²) >= 11 is 0. The Hall–Kier alpha value is -2.86. The number of nitrogens with zero attached hydrogens (tertiary/aromatic N) is 1. The van der Waals surface area contributed by atoms with Gasteiger partial charge in [0.1, 0.15) is 6.10 Å². The van der Waals surface area contributed by atoms with Gasteiger partial charge in [0.2, 0.25) is 6.41 Å². The maximum absolute atomic E-state index is 11.8. The summed E-state index contributed by atoms with van der Waals surface area (Å²) < 4.78 is 10.3. The van der Waals surface area contributed by atoms with Crippen molar-refractivity contribution < 1.29 is 19.1 Å². The van der Waals surface area contributed by atoms with Gasteiger partial charge in [0.15, 0.2) is 0 Å². The van der Waals surface area contributed by atoms with Crippen molar-refractivity contribution >= 4 is 18.1 Å². The van der Waals surface area contributed by atoms with Crippen molar-refractivity contribution in [3.05, 3.63) is 65.7 Å². The van der Waals surface area contributed by atoms with E-state index in [1.54, 1.807) is 36.3 Å². The Labute approximate surface area is 187 Å². The van der Waals surface area contributed by atoms with Gasteiger partial charge in [0.05, 0.1) is 18.7 Å². The number of esters is 1. The molecule has 2 N–H and O–H groups in total. The highest BCUT2D eigenvalue weighted by Gasteiger charge is 2.22. The molecule has 1 amide bonds. The molecule has 0 radical (unpaired) electrons. The van der Waals surface area contributed by atoms with E-state index < -0.39 is 0 Å². The molecule has 2 aromatic rings. The standard InChI is InChI=1S/C13H16N2O3.C8H10O.2C2H6/c14-11-5-3-10(4-6-11)13(17)18-12-2-1-7-15(8-12)9-16;1-9-7-8-5-3-2-4-6-8;2*1-2/h3-6,9,12H,1-2,7-8,14H2;2-6H,7H2,1H3;2*1-2H3. The Morgan fingerprint density at radius 3 is 2.23 bits per heavy atom. The molecule has 1 heterocycles. The summed E-state index contributed by atoms with van der Waals surface area (Å²) in [6, 6.07) is 16.7. The highest BCUT2D eigenvalue weighted by molar-refractivity contribution is 5.89. The summed E-state index contributed by atoms with van der Waals surface area (Å²) in [6.07, 6.45) is 2.24. The first kappa shape index (κ1) is 28.1. The molecule has 1 fully saturated rings. The van der Waals surface area contributed by atoms with Crippen LogP contribution in [0.1, 0.15) is 56.5 Å². The molecule has 1 atom stereocenters. The van der Waals surface area contributed by atoms with Crippen LogP contribution >= 0.6 is 0 Å². The zero-order valence-corrected chi connectivity index (χ0v) is 19.5. The van der Waals surface area contributed by atoms with E-state index in [4.69, 9.17) is 15.2 Å². The Bertz CT molecular complexity index is 705. The second kappa shape index (κ2) is 18.0. The molecule has 0 saturated carbocycles. The van der Waals surface area contributed by atoms with E-state index in [9.17, 15) is 9.59 Å². The predicted octanol–water partition coefficient (Wildman–Crippen LogP) is 4.93. The van der Waals surface area contributed by atoms with Crippen molar-refractivity contribution in [3.63, 3.8) is 0 Å². The van der Waals surface area contributed by atoms with Crippen LogP contribution in [0, 0.1) is 0 Å². The second-order valence-electron chi connectivity index (χ2n) is 6.31. The monoisotopic (exact) mass is 430 g/mol. The maximum Gasteiger partial charge on any atom is 0.338 e. The first-order chi connectivity index (χ1) is 15.1. The molecule has 0 aliphatic carbocycles. The first-order valence-corrected chi connectivity index (χ1v) is 10.9. The Balaban J connectivity index is 0.000000582. The minimum Gasteiger partial charge on any atom is -0.457 e. The van der Waals surface area contributed by atoms with Crippen LogP contribution in [0.3, 0.4) is 0 Å². The molecule has 6 heteroatoms. The highest BCUT2D eigenvalue weighted by atomic mass is 16.5. The van der Waals surface area contributed by atoms with Crippen molar-refractivity contribution in [1.82, 2.24) is 4.90 Å². The van der Waals surface area contributed by atoms with E-state index >= 15 is 0 Å². The predicted molar refractivity (Wildman–Crippen MR) is 127 cm³/mol. The minimum atomic E-state index is -0.368. The fourth-order valence-corrected chi connectivity index (χ4v) is 2.74. The Morgan fingerprint density at radius 1 is 1.06 bits per heavy atom. The number of piperidine rings is 1. The topological polar surface area (TPSA) is 81.9 Å². The van der Waals surface area contributed by atoms with Crippen molar-refractivity contribution in [2.24, 2.45) is 0 Å². The molecule has 0 bridgehead atoms. The molecule has 1 aliphatic heterocycles. The summed E-state index contributed by atoms with van der Waals surface area (Å²) in [5, 5.41) is 0. The number of hydrogen-bond acceptors (Lipinski definition) is 5. The van der Waals surface area contributed by atoms with Crippen LogP contribution in [-0.4, -0.2) is 43.6 Å². The normalized spacial score (nSPS) is 14.4. The molecule has 1 saturated heterocycles. The molecule has 0 spiro atoms. The quantitative estimate of drug-likeness (QED) is 0.413. The molecule has 172 valence electrons. The van der Waals surface area contributed by atoms with Gasteiger partial charge in [-0.2, -0.15) is 0 Å². The Morgan fingerprint density at radius 2 is 1.68 bits per heavy atom. The summed E-state index contributed by atoms with van der Waals surface area (Å²) in [7, 11) is 1.70. The third kappa shape index (κ3) is 11.8.